The summed E-state index contributed by atoms with van der Waals surface area (Å²) in [6.45, 7) is 9.29. The van der Waals surface area contributed by atoms with E-state index in [-0.39, 0.29) is 11.7 Å². The van der Waals surface area contributed by atoms with Crippen LogP contribution in [0.3, 0.4) is 0 Å². The van der Waals surface area contributed by atoms with E-state index in [4.69, 9.17) is 4.74 Å². The van der Waals surface area contributed by atoms with Crippen molar-refractivity contribution >= 4 is 44.4 Å². The molecular formula is C24H25N5O2S2. The van der Waals surface area contributed by atoms with Gasteiger partial charge in [0.05, 0.1) is 22.6 Å². The number of carbonyl (C=O) groups is 1. The number of hydrogen-bond donors (Lipinski definition) is 1. The molecule has 0 fully saturated rings. The number of thiazole rings is 1. The molecule has 0 aliphatic rings. The van der Waals surface area contributed by atoms with Gasteiger partial charge < -0.3 is 10.1 Å². The molecule has 9 heteroatoms. The molecule has 0 spiro atoms. The molecule has 0 saturated carbocycles. The van der Waals surface area contributed by atoms with Crippen LogP contribution in [0.25, 0.3) is 21.6 Å². The van der Waals surface area contributed by atoms with Crippen LogP contribution in [0, 0.1) is 5.92 Å². The number of para-hydroxylation sites is 1. The second kappa shape index (κ2) is 10.6. The Labute approximate surface area is 200 Å². The molecule has 170 valence electrons. The Morgan fingerprint density at radius 3 is 2.73 bits per heavy atom. The molecule has 4 rings (SSSR count). The zero-order valence-electron chi connectivity index (χ0n) is 18.5. The van der Waals surface area contributed by atoms with Crippen molar-refractivity contribution in [2.75, 3.05) is 17.7 Å². The molecule has 1 amide bonds. The summed E-state index contributed by atoms with van der Waals surface area (Å²) in [6.07, 6.45) is 1.79. The number of anilines is 1. The van der Waals surface area contributed by atoms with Crippen LogP contribution in [-0.4, -0.2) is 38.0 Å². The number of ether oxygens (including phenoxy) is 1. The average molecular weight is 480 g/mol. The van der Waals surface area contributed by atoms with Crippen molar-refractivity contribution in [3.8, 4) is 17.1 Å². The van der Waals surface area contributed by atoms with Crippen molar-refractivity contribution < 1.29 is 9.53 Å². The van der Waals surface area contributed by atoms with E-state index in [0.717, 1.165) is 27.4 Å². The zero-order chi connectivity index (χ0) is 23.2. The lowest BCUT2D eigenvalue weighted by Crippen LogP contribution is -2.14. The Morgan fingerprint density at radius 1 is 1.21 bits per heavy atom. The molecule has 1 N–H and O–H groups in total. The normalized spacial score (nSPS) is 11.1. The van der Waals surface area contributed by atoms with Crippen molar-refractivity contribution in [2.24, 2.45) is 5.92 Å². The van der Waals surface area contributed by atoms with Gasteiger partial charge in [0.25, 0.3) is 0 Å². The van der Waals surface area contributed by atoms with Gasteiger partial charge in [0.1, 0.15) is 5.75 Å². The smallest absolute Gasteiger partial charge is 0.236 e. The van der Waals surface area contributed by atoms with Gasteiger partial charge in [-0.3, -0.25) is 9.36 Å². The van der Waals surface area contributed by atoms with Gasteiger partial charge in [-0.05, 0) is 42.3 Å². The first-order valence-electron chi connectivity index (χ1n) is 10.6. The number of nitrogens with one attached hydrogen (secondary N) is 1. The van der Waals surface area contributed by atoms with Crippen LogP contribution in [0.5, 0.6) is 5.75 Å². The van der Waals surface area contributed by atoms with Gasteiger partial charge in [0, 0.05) is 12.1 Å². The quantitative estimate of drug-likeness (QED) is 0.239. The summed E-state index contributed by atoms with van der Waals surface area (Å²) in [4.78, 5) is 16.9. The third kappa shape index (κ3) is 5.80. The molecule has 4 aromatic rings. The molecular weight excluding hydrogens is 454 g/mol. The first kappa shape index (κ1) is 23.0. The first-order chi connectivity index (χ1) is 16.0. The minimum absolute atomic E-state index is 0.139. The Morgan fingerprint density at radius 2 is 2.00 bits per heavy atom. The minimum atomic E-state index is -0.139. The molecule has 7 nitrogen and oxygen atoms in total. The van der Waals surface area contributed by atoms with Crippen LogP contribution >= 0.6 is 23.1 Å². The number of thioether (sulfide) groups is 1. The second-order valence-corrected chi connectivity index (χ2v) is 9.73. The summed E-state index contributed by atoms with van der Waals surface area (Å²) in [5.74, 6) is 2.07. The lowest BCUT2D eigenvalue weighted by molar-refractivity contribution is -0.113. The zero-order valence-corrected chi connectivity index (χ0v) is 20.2. The third-order valence-corrected chi connectivity index (χ3v) is 6.52. The molecule has 0 unspecified atom stereocenters. The van der Waals surface area contributed by atoms with Gasteiger partial charge in [-0.1, -0.05) is 55.2 Å². The van der Waals surface area contributed by atoms with E-state index in [1.165, 1.54) is 23.1 Å². The summed E-state index contributed by atoms with van der Waals surface area (Å²) in [5, 5.41) is 12.8. The van der Waals surface area contributed by atoms with Crippen molar-refractivity contribution in [2.45, 2.75) is 25.5 Å². The van der Waals surface area contributed by atoms with E-state index in [1.54, 1.807) is 6.08 Å². The topological polar surface area (TPSA) is 81.9 Å². The third-order valence-electron chi connectivity index (χ3n) is 4.60. The number of fused-ring (bicyclic) bond motifs is 1. The van der Waals surface area contributed by atoms with E-state index in [0.29, 0.717) is 29.4 Å². The lowest BCUT2D eigenvalue weighted by atomic mass is 10.2. The van der Waals surface area contributed by atoms with Gasteiger partial charge in [0.2, 0.25) is 5.91 Å². The van der Waals surface area contributed by atoms with E-state index in [9.17, 15) is 4.79 Å². The number of nitrogens with zero attached hydrogens (tertiary/aromatic N) is 4. The van der Waals surface area contributed by atoms with E-state index >= 15 is 0 Å². The summed E-state index contributed by atoms with van der Waals surface area (Å²) in [7, 11) is 0. The van der Waals surface area contributed by atoms with Gasteiger partial charge in [-0.25, -0.2) is 4.98 Å². The highest BCUT2D eigenvalue weighted by Gasteiger charge is 2.16. The van der Waals surface area contributed by atoms with E-state index in [1.807, 2.05) is 53.1 Å². The van der Waals surface area contributed by atoms with Crippen molar-refractivity contribution in [3.05, 3.63) is 61.2 Å². The predicted octanol–water partition coefficient (Wildman–Crippen LogP) is 5.51. The Hall–Kier alpha value is -3.17. The standard InChI is InChI=1S/C24H25N5O2S2/c1-4-13-29-22(17-9-11-18(12-10-17)31-14-16(2)3)27-28-24(29)32-15-21(30)26-23-25-19-7-5-6-8-20(19)33-23/h4-12,16H,1,13-15H2,2-3H3,(H,25,26,30). The number of aromatic nitrogens is 4. The molecule has 0 aliphatic carbocycles. The van der Waals surface area contributed by atoms with Gasteiger partial charge in [-0.2, -0.15) is 0 Å². The van der Waals surface area contributed by atoms with Crippen LogP contribution in [0.1, 0.15) is 13.8 Å². The van der Waals surface area contributed by atoms with Crippen LogP contribution < -0.4 is 10.1 Å². The molecule has 2 aromatic carbocycles. The lowest BCUT2D eigenvalue weighted by Gasteiger charge is -2.10. The number of hydrogen-bond acceptors (Lipinski definition) is 7. The highest BCUT2D eigenvalue weighted by molar-refractivity contribution is 7.99. The van der Waals surface area contributed by atoms with E-state index < -0.39 is 0 Å². The number of carbonyl (C=O) groups excluding carboxylic acids is 1. The molecule has 0 aliphatic heterocycles. The fourth-order valence-corrected chi connectivity index (χ4v) is 4.71. The SMILES string of the molecule is C=CCn1c(SCC(=O)Nc2nc3ccccc3s2)nnc1-c1ccc(OCC(C)C)cc1. The van der Waals surface area contributed by atoms with Gasteiger partial charge in [-0.15, -0.1) is 16.8 Å². The largest absolute Gasteiger partial charge is 0.493 e. The van der Waals surface area contributed by atoms with Crippen molar-refractivity contribution in [1.29, 1.82) is 0 Å². The average Bonchev–Trinajstić information content (AvgIpc) is 3.40. The summed E-state index contributed by atoms with van der Waals surface area (Å²) < 4.78 is 8.75. The molecule has 33 heavy (non-hydrogen) atoms. The number of rotatable bonds is 10. The maximum absolute atomic E-state index is 12.5. The molecule has 0 bridgehead atoms. The maximum atomic E-state index is 12.5. The Kier molecular flexibility index (Phi) is 7.41. The maximum Gasteiger partial charge on any atom is 0.236 e. The first-order valence-corrected chi connectivity index (χ1v) is 12.4. The second-order valence-electron chi connectivity index (χ2n) is 7.76. The van der Waals surface area contributed by atoms with Gasteiger partial charge >= 0.3 is 0 Å². The number of allylic oxidation sites excluding steroid dienone is 1. The number of amides is 1. The Bertz CT molecular complexity index is 1210. The van der Waals surface area contributed by atoms with Gasteiger partial charge in [0.15, 0.2) is 16.1 Å². The van der Waals surface area contributed by atoms with Crippen LogP contribution in [-0.2, 0) is 11.3 Å². The number of benzene rings is 2. The van der Waals surface area contributed by atoms with Crippen LogP contribution in [0.4, 0.5) is 5.13 Å². The minimum Gasteiger partial charge on any atom is -0.493 e. The summed E-state index contributed by atoms with van der Waals surface area (Å²) >= 11 is 2.79. The Balaban J connectivity index is 1.42. The van der Waals surface area contributed by atoms with Crippen LogP contribution in [0.2, 0.25) is 0 Å². The summed E-state index contributed by atoms with van der Waals surface area (Å²) in [6, 6.07) is 15.6. The predicted molar refractivity (Wildman–Crippen MR) is 135 cm³/mol. The molecule has 0 saturated heterocycles. The van der Waals surface area contributed by atoms with Crippen LogP contribution in [0.15, 0.2) is 66.3 Å². The van der Waals surface area contributed by atoms with E-state index in [2.05, 4.69) is 40.9 Å². The fraction of sp³-hybridized carbons (Fsp3) is 0.250. The highest BCUT2D eigenvalue weighted by Crippen LogP contribution is 2.28. The van der Waals surface area contributed by atoms with Crippen molar-refractivity contribution in [3.63, 3.8) is 0 Å². The monoisotopic (exact) mass is 479 g/mol. The highest BCUT2D eigenvalue weighted by atomic mass is 32.2. The molecule has 0 radical (unpaired) electrons. The van der Waals surface area contributed by atoms with Crippen molar-refractivity contribution in [1.82, 2.24) is 19.7 Å². The molecule has 2 heterocycles. The molecule has 2 aromatic heterocycles. The summed E-state index contributed by atoms with van der Waals surface area (Å²) in [5.41, 5.74) is 1.80. The fourth-order valence-electron chi connectivity index (χ4n) is 3.08. The molecule has 0 atom stereocenters.